The molecule has 3 aromatic carbocycles. The van der Waals surface area contributed by atoms with E-state index in [0.717, 1.165) is 18.4 Å². The molecular weight excluding hydrogens is 371 g/mol. The van der Waals surface area contributed by atoms with E-state index in [1.165, 1.54) is 0 Å². The second kappa shape index (κ2) is 9.48. The second-order valence-electron chi connectivity index (χ2n) is 6.60. The van der Waals surface area contributed by atoms with Crippen LogP contribution in [-0.2, 0) is 4.57 Å². The Balaban J connectivity index is 2.02. The quantitative estimate of drug-likeness (QED) is 0.397. The van der Waals surface area contributed by atoms with Crippen LogP contribution in [0.4, 0.5) is 0 Å². The van der Waals surface area contributed by atoms with E-state index in [-0.39, 0.29) is 5.75 Å². The summed E-state index contributed by atoms with van der Waals surface area (Å²) < 4.78 is 26.2. The molecule has 0 amide bonds. The Labute approximate surface area is 166 Å². The van der Waals surface area contributed by atoms with E-state index in [9.17, 15) is 9.67 Å². The fraction of sp³-hybridized carbons (Fsp3) is 0.217. The molecule has 0 heterocycles. The first-order valence-electron chi connectivity index (χ1n) is 9.48. The summed E-state index contributed by atoms with van der Waals surface area (Å²) in [5.41, 5.74) is 0.370. The van der Waals surface area contributed by atoms with Crippen LogP contribution in [0, 0.1) is 0 Å². The molecule has 0 spiro atoms. The van der Waals surface area contributed by atoms with Gasteiger partial charge in [-0.25, -0.2) is 4.57 Å². The van der Waals surface area contributed by atoms with Crippen LogP contribution in [0.15, 0.2) is 84.9 Å². The molecule has 0 aliphatic heterocycles. The van der Waals surface area contributed by atoms with Crippen LogP contribution in [0.25, 0.3) is 0 Å². The van der Waals surface area contributed by atoms with Gasteiger partial charge in [0.05, 0.1) is 0 Å². The highest BCUT2D eigenvalue weighted by atomic mass is 31.2. The van der Waals surface area contributed by atoms with E-state index >= 15 is 0 Å². The van der Waals surface area contributed by atoms with Crippen molar-refractivity contribution in [2.75, 3.05) is 0 Å². The second-order valence-corrected chi connectivity index (χ2v) is 8.67. The van der Waals surface area contributed by atoms with Crippen LogP contribution < -0.4 is 9.05 Å². The molecule has 0 aliphatic carbocycles. The average molecular weight is 396 g/mol. The first-order chi connectivity index (χ1) is 13.6. The van der Waals surface area contributed by atoms with Gasteiger partial charge in [-0.2, -0.15) is 0 Å². The molecule has 3 rings (SSSR count). The largest absolute Gasteiger partial charge is 0.508 e. The maximum Gasteiger partial charge on any atom is 0.438 e. The highest BCUT2D eigenvalue weighted by Gasteiger charge is 2.40. The van der Waals surface area contributed by atoms with Gasteiger partial charge in [0.2, 0.25) is 0 Å². The third-order valence-electron chi connectivity index (χ3n) is 4.44. The summed E-state index contributed by atoms with van der Waals surface area (Å²) in [6.07, 6.45) is 2.50. The van der Waals surface area contributed by atoms with Gasteiger partial charge in [-0.15, -0.1) is 0 Å². The van der Waals surface area contributed by atoms with Gasteiger partial charge in [-0.1, -0.05) is 68.3 Å². The van der Waals surface area contributed by atoms with Crippen LogP contribution >= 0.6 is 7.60 Å². The van der Waals surface area contributed by atoms with Crippen molar-refractivity contribution in [3.8, 4) is 17.2 Å². The van der Waals surface area contributed by atoms with Crippen molar-refractivity contribution in [1.82, 2.24) is 0 Å². The first-order valence-corrected chi connectivity index (χ1v) is 11.1. The van der Waals surface area contributed by atoms with E-state index in [1.807, 2.05) is 36.4 Å². The minimum Gasteiger partial charge on any atom is -0.508 e. The van der Waals surface area contributed by atoms with Crippen LogP contribution in [0.1, 0.15) is 37.4 Å². The van der Waals surface area contributed by atoms with Gasteiger partial charge in [-0.05, 0) is 48.4 Å². The molecule has 1 unspecified atom stereocenters. The van der Waals surface area contributed by atoms with E-state index in [2.05, 4.69) is 6.92 Å². The summed E-state index contributed by atoms with van der Waals surface area (Å²) in [6.45, 7) is 2.09. The summed E-state index contributed by atoms with van der Waals surface area (Å²) in [7, 11) is -3.62. The lowest BCUT2D eigenvalue weighted by atomic mass is 10.1. The van der Waals surface area contributed by atoms with E-state index in [1.54, 1.807) is 48.5 Å². The molecule has 5 heteroatoms. The number of benzene rings is 3. The Morgan fingerprint density at radius 3 is 1.79 bits per heavy atom. The Kier molecular flexibility index (Phi) is 6.78. The van der Waals surface area contributed by atoms with Gasteiger partial charge in [-0.3, -0.25) is 0 Å². The Morgan fingerprint density at radius 1 is 0.821 bits per heavy atom. The molecule has 0 fully saturated rings. The zero-order valence-electron chi connectivity index (χ0n) is 15.9. The summed E-state index contributed by atoms with van der Waals surface area (Å²) in [5, 5.41) is 9.66. The summed E-state index contributed by atoms with van der Waals surface area (Å²) in [6, 6.07) is 25.0. The molecule has 0 aliphatic rings. The lowest BCUT2D eigenvalue weighted by molar-refractivity contribution is 0.367. The molecule has 0 aromatic heterocycles. The Morgan fingerprint density at radius 2 is 1.32 bits per heavy atom. The van der Waals surface area contributed by atoms with Gasteiger partial charge in [0, 0.05) is 0 Å². The number of hydrogen-bond donors (Lipinski definition) is 1. The van der Waals surface area contributed by atoms with Crippen molar-refractivity contribution in [2.24, 2.45) is 0 Å². The average Bonchev–Trinajstić information content (AvgIpc) is 2.71. The molecule has 0 bridgehead atoms. The fourth-order valence-electron chi connectivity index (χ4n) is 3.00. The van der Waals surface area contributed by atoms with Crippen LogP contribution in [0.5, 0.6) is 17.2 Å². The third kappa shape index (κ3) is 5.17. The number of aromatic hydroxyl groups is 1. The lowest BCUT2D eigenvalue weighted by Gasteiger charge is -2.28. The van der Waals surface area contributed by atoms with E-state index < -0.39 is 13.3 Å². The smallest absolute Gasteiger partial charge is 0.438 e. The molecule has 1 atom stereocenters. The zero-order valence-corrected chi connectivity index (χ0v) is 16.8. The number of phenols is 1. The maximum atomic E-state index is 14.1. The number of hydrogen-bond acceptors (Lipinski definition) is 4. The van der Waals surface area contributed by atoms with Crippen molar-refractivity contribution in [3.05, 3.63) is 90.5 Å². The van der Waals surface area contributed by atoms with Crippen molar-refractivity contribution < 1.29 is 18.7 Å². The number of unbranched alkanes of at least 4 members (excludes halogenated alkanes) is 1. The summed E-state index contributed by atoms with van der Waals surface area (Å²) >= 11 is 0. The van der Waals surface area contributed by atoms with Gasteiger partial charge >= 0.3 is 7.60 Å². The van der Waals surface area contributed by atoms with Gasteiger partial charge < -0.3 is 14.2 Å². The fourth-order valence-corrected chi connectivity index (χ4v) is 5.16. The number of para-hydroxylation sites is 2. The van der Waals surface area contributed by atoms with Crippen molar-refractivity contribution in [2.45, 2.75) is 31.8 Å². The van der Waals surface area contributed by atoms with Gasteiger partial charge in [0.25, 0.3) is 0 Å². The highest BCUT2D eigenvalue weighted by molar-refractivity contribution is 7.55. The lowest BCUT2D eigenvalue weighted by Crippen LogP contribution is -2.11. The van der Waals surface area contributed by atoms with Crippen molar-refractivity contribution >= 4 is 7.60 Å². The molecule has 0 radical (unpaired) electrons. The standard InChI is InChI=1S/C23H25O4P/c1-2-3-14-23(19-15-17-20(24)18-16-19)28(25,26-21-10-6-4-7-11-21)27-22-12-8-5-9-13-22/h4-13,15-18,23-24H,2-3,14H2,1H3. The Bertz CT molecular complexity index is 849. The third-order valence-corrected chi connectivity index (χ3v) is 6.69. The SMILES string of the molecule is CCCCC(c1ccc(O)cc1)P(=O)(Oc1ccccc1)Oc1ccccc1. The van der Waals surface area contributed by atoms with Gasteiger partial charge in [0.15, 0.2) is 0 Å². The number of rotatable bonds is 9. The predicted octanol–water partition coefficient (Wildman–Crippen LogP) is 6.97. The minimum absolute atomic E-state index is 0.167. The van der Waals surface area contributed by atoms with Crippen LogP contribution in [0.2, 0.25) is 0 Å². The molecule has 1 N–H and O–H groups in total. The molecule has 4 nitrogen and oxygen atoms in total. The molecule has 3 aromatic rings. The molecule has 28 heavy (non-hydrogen) atoms. The summed E-state index contributed by atoms with van der Waals surface area (Å²) in [4.78, 5) is 0. The first kappa shape index (κ1) is 20.0. The topological polar surface area (TPSA) is 55.8 Å². The van der Waals surface area contributed by atoms with Crippen molar-refractivity contribution in [3.63, 3.8) is 0 Å². The van der Waals surface area contributed by atoms with Crippen LogP contribution in [0.3, 0.4) is 0 Å². The predicted molar refractivity (Wildman–Crippen MR) is 112 cm³/mol. The van der Waals surface area contributed by atoms with Gasteiger partial charge in [0.1, 0.15) is 22.9 Å². The maximum absolute atomic E-state index is 14.1. The van der Waals surface area contributed by atoms with Crippen LogP contribution in [-0.4, -0.2) is 5.11 Å². The molecular formula is C23H25O4P. The molecule has 0 saturated heterocycles. The summed E-state index contributed by atoms with van der Waals surface area (Å²) in [5.74, 6) is 1.17. The monoisotopic (exact) mass is 396 g/mol. The Hall–Kier alpha value is -2.71. The van der Waals surface area contributed by atoms with E-state index in [0.29, 0.717) is 17.9 Å². The minimum atomic E-state index is -3.62. The highest BCUT2D eigenvalue weighted by Crippen LogP contribution is 2.62. The zero-order chi connectivity index (χ0) is 19.8. The van der Waals surface area contributed by atoms with E-state index in [4.69, 9.17) is 9.05 Å². The van der Waals surface area contributed by atoms with Crippen molar-refractivity contribution in [1.29, 1.82) is 0 Å². The molecule has 0 saturated carbocycles. The number of phenolic OH excluding ortho intramolecular Hbond substituents is 1. The molecule has 146 valence electrons. The normalized spacial score (nSPS) is 12.3.